The molecule has 1 saturated heterocycles. The number of nitrogens with zero attached hydrogens (tertiary/aromatic N) is 2. The van der Waals surface area contributed by atoms with E-state index in [1.165, 1.54) is 0 Å². The van der Waals surface area contributed by atoms with Crippen LogP contribution in [-0.2, 0) is 0 Å². The second kappa shape index (κ2) is 4.77. The van der Waals surface area contributed by atoms with Crippen LogP contribution in [0.2, 0.25) is 5.28 Å². The summed E-state index contributed by atoms with van der Waals surface area (Å²) in [4.78, 5) is 8.03. The second-order valence-corrected chi connectivity index (χ2v) is 4.02. The van der Waals surface area contributed by atoms with Crippen LogP contribution in [0.5, 0.6) is 5.88 Å². The Bertz CT molecular complexity index is 319. The third-order valence-electron chi connectivity index (χ3n) is 2.38. The lowest BCUT2D eigenvalue weighted by Gasteiger charge is -2.23. The molecule has 1 fully saturated rings. The number of hydrogen-bond donors (Lipinski definition) is 1. The van der Waals surface area contributed by atoms with Gasteiger partial charge in [0.25, 0.3) is 0 Å². The molecule has 1 N–H and O–H groups in total. The number of ether oxygens (including phenoxy) is 1. The molecule has 2 heterocycles. The summed E-state index contributed by atoms with van der Waals surface area (Å²) in [6, 6.07) is 1.81. The van der Waals surface area contributed by atoms with Crippen LogP contribution in [0.1, 0.15) is 18.5 Å². The van der Waals surface area contributed by atoms with Crippen LogP contribution in [0.4, 0.5) is 0 Å². The third-order valence-corrected chi connectivity index (χ3v) is 2.55. The van der Waals surface area contributed by atoms with Crippen molar-refractivity contribution in [3.05, 3.63) is 17.0 Å². The van der Waals surface area contributed by atoms with Crippen LogP contribution in [0.3, 0.4) is 0 Å². The van der Waals surface area contributed by atoms with Crippen molar-refractivity contribution in [2.75, 3.05) is 13.1 Å². The Morgan fingerprint density at radius 3 is 2.80 bits per heavy atom. The lowest BCUT2D eigenvalue weighted by Crippen LogP contribution is -2.34. The van der Waals surface area contributed by atoms with E-state index < -0.39 is 0 Å². The summed E-state index contributed by atoms with van der Waals surface area (Å²) >= 11 is 5.75. The highest BCUT2D eigenvalue weighted by Crippen LogP contribution is 2.16. The molecule has 0 aromatic carbocycles. The van der Waals surface area contributed by atoms with E-state index in [1.54, 1.807) is 0 Å². The maximum atomic E-state index is 5.75. The number of piperidine rings is 1. The molecule has 1 aliphatic rings. The first kappa shape index (κ1) is 10.6. The van der Waals surface area contributed by atoms with Gasteiger partial charge in [0.2, 0.25) is 11.2 Å². The lowest BCUT2D eigenvalue weighted by molar-refractivity contribution is 0.155. The summed E-state index contributed by atoms with van der Waals surface area (Å²) in [6.45, 7) is 3.88. The van der Waals surface area contributed by atoms with E-state index in [1.807, 2.05) is 13.0 Å². The monoisotopic (exact) mass is 227 g/mol. The lowest BCUT2D eigenvalue weighted by atomic mass is 10.1. The summed E-state index contributed by atoms with van der Waals surface area (Å²) in [6.07, 6.45) is 2.28. The zero-order valence-corrected chi connectivity index (χ0v) is 9.42. The van der Waals surface area contributed by atoms with Gasteiger partial charge >= 0.3 is 0 Å². The van der Waals surface area contributed by atoms with Gasteiger partial charge in [0.15, 0.2) is 0 Å². The smallest absolute Gasteiger partial charge is 0.225 e. The standard InChI is InChI=1S/C10H14ClN3O/c1-7-6-9(14-10(11)13-7)15-8-2-4-12-5-3-8/h6,8,12H,2-5H2,1H3. The van der Waals surface area contributed by atoms with Crippen molar-refractivity contribution in [1.82, 2.24) is 15.3 Å². The molecule has 15 heavy (non-hydrogen) atoms. The minimum atomic E-state index is 0.247. The SMILES string of the molecule is Cc1cc(OC2CCNCC2)nc(Cl)n1. The van der Waals surface area contributed by atoms with Crippen molar-refractivity contribution in [1.29, 1.82) is 0 Å². The molecule has 0 saturated carbocycles. The van der Waals surface area contributed by atoms with Crippen molar-refractivity contribution >= 4 is 11.6 Å². The molecule has 1 aromatic heterocycles. The zero-order valence-electron chi connectivity index (χ0n) is 8.66. The predicted octanol–water partition coefficient (Wildman–Crippen LogP) is 1.57. The number of aryl methyl sites for hydroxylation is 1. The van der Waals surface area contributed by atoms with Gasteiger partial charge in [-0.1, -0.05) is 0 Å². The summed E-state index contributed by atoms with van der Waals surface area (Å²) in [5.41, 5.74) is 0.832. The van der Waals surface area contributed by atoms with E-state index in [9.17, 15) is 0 Å². The number of hydrogen-bond acceptors (Lipinski definition) is 4. The number of nitrogens with one attached hydrogen (secondary N) is 1. The molecule has 82 valence electrons. The average molecular weight is 228 g/mol. The summed E-state index contributed by atoms with van der Waals surface area (Å²) < 4.78 is 5.74. The molecule has 0 amide bonds. The van der Waals surface area contributed by atoms with Gasteiger partial charge in [0, 0.05) is 11.8 Å². The highest BCUT2D eigenvalue weighted by molar-refractivity contribution is 6.28. The van der Waals surface area contributed by atoms with E-state index in [0.717, 1.165) is 31.6 Å². The second-order valence-electron chi connectivity index (χ2n) is 3.68. The fourth-order valence-electron chi connectivity index (χ4n) is 1.65. The normalized spacial score (nSPS) is 17.7. The van der Waals surface area contributed by atoms with Crippen molar-refractivity contribution in [3.8, 4) is 5.88 Å². The Balaban J connectivity index is 2.02. The van der Waals surface area contributed by atoms with Crippen LogP contribution in [0.25, 0.3) is 0 Å². The molecule has 0 spiro atoms. The topological polar surface area (TPSA) is 47.0 Å². The Kier molecular flexibility index (Phi) is 3.38. The quantitative estimate of drug-likeness (QED) is 0.780. The minimum absolute atomic E-state index is 0.247. The number of aromatic nitrogens is 2. The average Bonchev–Trinajstić information content (AvgIpc) is 2.17. The largest absolute Gasteiger partial charge is 0.474 e. The van der Waals surface area contributed by atoms with E-state index in [2.05, 4.69) is 15.3 Å². The molecule has 0 atom stereocenters. The van der Waals surface area contributed by atoms with Crippen molar-refractivity contribution in [2.24, 2.45) is 0 Å². The van der Waals surface area contributed by atoms with Gasteiger partial charge in [-0.15, -0.1) is 0 Å². The molecule has 0 bridgehead atoms. The first-order valence-corrected chi connectivity index (χ1v) is 5.50. The Morgan fingerprint density at radius 2 is 2.13 bits per heavy atom. The maximum Gasteiger partial charge on any atom is 0.225 e. The molecular weight excluding hydrogens is 214 g/mol. The van der Waals surface area contributed by atoms with Crippen LogP contribution in [0.15, 0.2) is 6.07 Å². The highest BCUT2D eigenvalue weighted by Gasteiger charge is 2.15. The van der Waals surface area contributed by atoms with Gasteiger partial charge in [-0.3, -0.25) is 0 Å². The third kappa shape index (κ3) is 3.04. The van der Waals surface area contributed by atoms with E-state index >= 15 is 0 Å². The fourth-order valence-corrected chi connectivity index (χ4v) is 1.87. The van der Waals surface area contributed by atoms with Gasteiger partial charge in [0.1, 0.15) is 6.10 Å². The van der Waals surface area contributed by atoms with E-state index in [4.69, 9.17) is 16.3 Å². The molecule has 1 aromatic rings. The number of rotatable bonds is 2. The molecular formula is C10H14ClN3O. The molecule has 0 unspecified atom stereocenters. The van der Waals surface area contributed by atoms with Crippen molar-refractivity contribution in [2.45, 2.75) is 25.9 Å². The van der Waals surface area contributed by atoms with Gasteiger partial charge < -0.3 is 10.1 Å². The Hall–Kier alpha value is -0.870. The van der Waals surface area contributed by atoms with Crippen LogP contribution < -0.4 is 10.1 Å². The summed E-state index contributed by atoms with van der Waals surface area (Å²) in [5, 5.41) is 3.53. The van der Waals surface area contributed by atoms with Crippen LogP contribution >= 0.6 is 11.6 Å². The van der Waals surface area contributed by atoms with Gasteiger partial charge in [-0.25, -0.2) is 4.98 Å². The fraction of sp³-hybridized carbons (Fsp3) is 0.600. The van der Waals surface area contributed by atoms with Crippen molar-refractivity contribution in [3.63, 3.8) is 0 Å². The molecule has 0 aliphatic carbocycles. The zero-order chi connectivity index (χ0) is 10.7. The molecule has 1 aliphatic heterocycles. The van der Waals surface area contributed by atoms with Gasteiger partial charge in [0.05, 0.1) is 0 Å². The van der Waals surface area contributed by atoms with Crippen molar-refractivity contribution < 1.29 is 4.74 Å². The summed E-state index contributed by atoms with van der Waals surface area (Å²) in [7, 11) is 0. The maximum absolute atomic E-state index is 5.75. The minimum Gasteiger partial charge on any atom is -0.474 e. The number of halogens is 1. The van der Waals surface area contributed by atoms with Crippen LogP contribution in [-0.4, -0.2) is 29.2 Å². The molecule has 2 rings (SSSR count). The van der Waals surface area contributed by atoms with Crippen LogP contribution in [0, 0.1) is 6.92 Å². The molecule has 4 nitrogen and oxygen atoms in total. The van der Waals surface area contributed by atoms with Gasteiger partial charge in [-0.2, -0.15) is 4.98 Å². The van der Waals surface area contributed by atoms with E-state index in [0.29, 0.717) is 5.88 Å². The summed E-state index contributed by atoms with van der Waals surface area (Å²) in [5.74, 6) is 0.583. The molecule has 5 heteroatoms. The van der Waals surface area contributed by atoms with E-state index in [-0.39, 0.29) is 11.4 Å². The van der Waals surface area contributed by atoms with Gasteiger partial charge in [-0.05, 0) is 44.5 Å². The Labute approximate surface area is 94.0 Å². The predicted molar refractivity (Wildman–Crippen MR) is 58.3 cm³/mol. The first-order chi connectivity index (χ1) is 7.24. The Morgan fingerprint density at radius 1 is 1.40 bits per heavy atom. The first-order valence-electron chi connectivity index (χ1n) is 5.12. The molecule has 0 radical (unpaired) electrons. The highest BCUT2D eigenvalue weighted by atomic mass is 35.5.